The Bertz CT molecular complexity index is 1050. The van der Waals surface area contributed by atoms with E-state index < -0.39 is 0 Å². The first-order valence-corrected chi connectivity index (χ1v) is 7.94. The van der Waals surface area contributed by atoms with Gasteiger partial charge in [0.15, 0.2) is 5.58 Å². The highest BCUT2D eigenvalue weighted by Gasteiger charge is 2.11. The molecule has 0 radical (unpaired) electrons. The monoisotopic (exact) mass is 352 g/mol. The van der Waals surface area contributed by atoms with Gasteiger partial charge in [0.25, 0.3) is 5.91 Å². The first kappa shape index (κ1) is 15.4. The molecule has 4 aromatic rings. The van der Waals surface area contributed by atoms with Gasteiger partial charge in [-0.15, -0.1) is 10.2 Å². The van der Waals surface area contributed by atoms with Crippen molar-refractivity contribution in [3.8, 4) is 5.69 Å². The largest absolute Gasteiger partial charge is 0.460 e. The fourth-order valence-electron chi connectivity index (χ4n) is 2.63. The van der Waals surface area contributed by atoms with Crippen molar-refractivity contribution in [3.05, 3.63) is 71.5 Å². The number of furan rings is 1. The second-order valence-corrected chi connectivity index (χ2v) is 6.01. The Morgan fingerprint density at radius 3 is 2.56 bits per heavy atom. The van der Waals surface area contributed by atoms with Crippen LogP contribution in [0.1, 0.15) is 16.1 Å². The molecule has 1 N–H and O–H groups in total. The number of hydrogen-bond acceptors (Lipinski definition) is 4. The van der Waals surface area contributed by atoms with Crippen LogP contribution in [0.4, 0.5) is 5.69 Å². The molecule has 0 aliphatic rings. The molecule has 25 heavy (non-hydrogen) atoms. The van der Waals surface area contributed by atoms with E-state index in [-0.39, 0.29) is 5.91 Å². The normalized spacial score (nSPS) is 11.0. The van der Waals surface area contributed by atoms with Crippen LogP contribution in [0, 0.1) is 6.92 Å². The van der Waals surface area contributed by atoms with Crippen molar-refractivity contribution in [1.29, 1.82) is 0 Å². The van der Waals surface area contributed by atoms with E-state index in [4.69, 9.17) is 16.0 Å². The Morgan fingerprint density at radius 2 is 1.84 bits per heavy atom. The van der Waals surface area contributed by atoms with Gasteiger partial charge in [0.05, 0.1) is 5.02 Å². The van der Waals surface area contributed by atoms with Crippen LogP contribution in [-0.2, 0) is 0 Å². The standard InChI is InChI=1S/C18H13ClN4O2/c1-11-6-13-7-14(8-16(19)17(13)25-11)22-18(24)12-2-4-15(5-3-12)23-9-20-21-10-23/h2-10H,1H3,(H,22,24). The van der Waals surface area contributed by atoms with Gasteiger partial charge in [-0.2, -0.15) is 0 Å². The number of benzene rings is 2. The summed E-state index contributed by atoms with van der Waals surface area (Å²) in [5.41, 5.74) is 2.65. The molecule has 0 saturated heterocycles. The van der Waals surface area contributed by atoms with Gasteiger partial charge >= 0.3 is 0 Å². The molecule has 7 heteroatoms. The number of amides is 1. The van der Waals surface area contributed by atoms with E-state index in [0.717, 1.165) is 16.8 Å². The Balaban J connectivity index is 1.57. The van der Waals surface area contributed by atoms with Gasteiger partial charge in [0.1, 0.15) is 18.4 Å². The number of carbonyl (C=O) groups excluding carboxylic acids is 1. The summed E-state index contributed by atoms with van der Waals surface area (Å²) in [5, 5.41) is 11.7. The molecule has 0 saturated carbocycles. The average molecular weight is 353 g/mol. The lowest BCUT2D eigenvalue weighted by molar-refractivity contribution is 0.102. The summed E-state index contributed by atoms with van der Waals surface area (Å²) in [6.45, 7) is 1.85. The fourth-order valence-corrected chi connectivity index (χ4v) is 2.90. The third-order valence-corrected chi connectivity index (χ3v) is 4.08. The van der Waals surface area contributed by atoms with E-state index in [2.05, 4.69) is 15.5 Å². The molecule has 0 aliphatic heterocycles. The summed E-state index contributed by atoms with van der Waals surface area (Å²) in [4.78, 5) is 12.5. The number of anilines is 1. The van der Waals surface area contributed by atoms with Crippen LogP contribution < -0.4 is 5.32 Å². The van der Waals surface area contributed by atoms with E-state index >= 15 is 0 Å². The Labute approximate surface area is 148 Å². The van der Waals surface area contributed by atoms with Crippen molar-refractivity contribution in [2.75, 3.05) is 5.32 Å². The summed E-state index contributed by atoms with van der Waals surface area (Å²) in [6.07, 6.45) is 3.19. The minimum atomic E-state index is -0.217. The predicted octanol–water partition coefficient (Wildman–Crippen LogP) is 4.23. The maximum absolute atomic E-state index is 12.5. The van der Waals surface area contributed by atoms with Crippen molar-refractivity contribution >= 4 is 34.2 Å². The summed E-state index contributed by atoms with van der Waals surface area (Å²) < 4.78 is 7.30. The number of nitrogens with zero attached hydrogens (tertiary/aromatic N) is 3. The second kappa shape index (κ2) is 6.07. The minimum absolute atomic E-state index is 0.217. The number of carbonyl (C=O) groups is 1. The van der Waals surface area contributed by atoms with Crippen LogP contribution in [0.5, 0.6) is 0 Å². The Kier molecular flexibility index (Phi) is 3.74. The fraction of sp³-hybridized carbons (Fsp3) is 0.0556. The molecule has 0 atom stereocenters. The molecule has 2 heterocycles. The van der Waals surface area contributed by atoms with Gasteiger partial charge in [-0.05, 0) is 49.4 Å². The van der Waals surface area contributed by atoms with Crippen molar-refractivity contribution < 1.29 is 9.21 Å². The van der Waals surface area contributed by atoms with Gasteiger partial charge in [-0.3, -0.25) is 9.36 Å². The molecule has 0 unspecified atom stereocenters. The third kappa shape index (κ3) is 2.99. The lowest BCUT2D eigenvalue weighted by atomic mass is 10.1. The molecule has 2 aromatic heterocycles. The highest BCUT2D eigenvalue weighted by atomic mass is 35.5. The number of nitrogens with one attached hydrogen (secondary N) is 1. The van der Waals surface area contributed by atoms with Crippen molar-refractivity contribution in [1.82, 2.24) is 14.8 Å². The Morgan fingerprint density at radius 1 is 1.12 bits per heavy atom. The van der Waals surface area contributed by atoms with Crippen LogP contribution in [-0.4, -0.2) is 20.7 Å². The SMILES string of the molecule is Cc1cc2cc(NC(=O)c3ccc(-n4cnnc4)cc3)cc(Cl)c2o1. The smallest absolute Gasteiger partial charge is 0.255 e. The third-order valence-electron chi connectivity index (χ3n) is 3.80. The zero-order chi connectivity index (χ0) is 17.4. The second-order valence-electron chi connectivity index (χ2n) is 5.60. The van der Waals surface area contributed by atoms with Crippen molar-refractivity contribution in [2.45, 2.75) is 6.92 Å². The number of halogens is 1. The number of aryl methyl sites for hydroxylation is 1. The maximum Gasteiger partial charge on any atom is 0.255 e. The highest BCUT2D eigenvalue weighted by Crippen LogP contribution is 2.30. The molecule has 124 valence electrons. The molecule has 0 bridgehead atoms. The van der Waals surface area contributed by atoms with Crippen molar-refractivity contribution in [3.63, 3.8) is 0 Å². The van der Waals surface area contributed by atoms with E-state index in [9.17, 15) is 4.79 Å². The maximum atomic E-state index is 12.5. The summed E-state index contributed by atoms with van der Waals surface area (Å²) >= 11 is 6.22. The topological polar surface area (TPSA) is 73.0 Å². The van der Waals surface area contributed by atoms with Crippen LogP contribution in [0.2, 0.25) is 5.02 Å². The highest BCUT2D eigenvalue weighted by molar-refractivity contribution is 6.35. The molecule has 0 spiro atoms. The van der Waals surface area contributed by atoms with Gasteiger partial charge < -0.3 is 9.73 Å². The van der Waals surface area contributed by atoms with Gasteiger partial charge in [0, 0.05) is 22.3 Å². The number of fused-ring (bicyclic) bond motifs is 1. The van der Waals surface area contributed by atoms with E-state index in [1.165, 1.54) is 0 Å². The zero-order valence-electron chi connectivity index (χ0n) is 13.2. The van der Waals surface area contributed by atoms with Crippen molar-refractivity contribution in [2.24, 2.45) is 0 Å². The molecular weight excluding hydrogens is 340 g/mol. The molecule has 0 aliphatic carbocycles. The zero-order valence-corrected chi connectivity index (χ0v) is 14.0. The molecule has 2 aromatic carbocycles. The van der Waals surface area contributed by atoms with Gasteiger partial charge in [-0.1, -0.05) is 11.6 Å². The van der Waals surface area contributed by atoms with Crippen LogP contribution >= 0.6 is 11.6 Å². The van der Waals surface area contributed by atoms with E-state index in [1.54, 1.807) is 35.4 Å². The molecular formula is C18H13ClN4O2. The quantitative estimate of drug-likeness (QED) is 0.599. The molecule has 4 rings (SSSR count). The number of rotatable bonds is 3. The minimum Gasteiger partial charge on any atom is -0.460 e. The van der Waals surface area contributed by atoms with Gasteiger partial charge in [0.2, 0.25) is 0 Å². The summed E-state index contributed by atoms with van der Waals surface area (Å²) in [6, 6.07) is 12.5. The molecule has 0 fully saturated rings. The number of hydrogen-bond donors (Lipinski definition) is 1. The lowest BCUT2D eigenvalue weighted by Gasteiger charge is -2.07. The first-order chi connectivity index (χ1) is 12.1. The molecule has 6 nitrogen and oxygen atoms in total. The van der Waals surface area contributed by atoms with Gasteiger partial charge in [-0.25, -0.2) is 0 Å². The first-order valence-electron chi connectivity index (χ1n) is 7.56. The summed E-state index contributed by atoms with van der Waals surface area (Å²) in [5.74, 6) is 0.552. The number of aromatic nitrogens is 3. The van der Waals surface area contributed by atoms with Crippen LogP contribution in [0.15, 0.2) is 59.5 Å². The van der Waals surface area contributed by atoms with E-state index in [0.29, 0.717) is 21.9 Å². The van der Waals surface area contributed by atoms with E-state index in [1.807, 2.05) is 31.2 Å². The Hall–Kier alpha value is -3.12. The predicted molar refractivity (Wildman–Crippen MR) is 95.3 cm³/mol. The average Bonchev–Trinajstić information content (AvgIpc) is 3.24. The van der Waals surface area contributed by atoms with Crippen LogP contribution in [0.3, 0.4) is 0 Å². The molecule has 1 amide bonds. The van der Waals surface area contributed by atoms with Crippen LogP contribution in [0.25, 0.3) is 16.7 Å². The summed E-state index contributed by atoms with van der Waals surface area (Å²) in [7, 11) is 0. The lowest BCUT2D eigenvalue weighted by Crippen LogP contribution is -2.11.